The molecule has 0 aliphatic rings. The molecule has 3 aromatic rings. The van der Waals surface area contributed by atoms with Gasteiger partial charge in [0.15, 0.2) is 5.78 Å². The molecule has 32 heavy (non-hydrogen) atoms. The monoisotopic (exact) mass is 433 g/mol. The predicted molar refractivity (Wildman–Crippen MR) is 117 cm³/mol. The zero-order chi connectivity index (χ0) is 23.1. The number of benzene rings is 3. The number of allylic oxidation sites excluding steroid dienone is 1. The summed E-state index contributed by atoms with van der Waals surface area (Å²) >= 11 is 0. The number of ether oxygens (including phenoxy) is 3. The first-order chi connectivity index (χ1) is 15.4. The van der Waals surface area contributed by atoms with E-state index in [4.69, 9.17) is 14.2 Å². The van der Waals surface area contributed by atoms with E-state index in [1.165, 1.54) is 44.6 Å². The van der Waals surface area contributed by atoms with Crippen LogP contribution in [0.15, 0.2) is 72.8 Å². The Hall–Kier alpha value is -4.46. The molecule has 0 aromatic heterocycles. The Balaban J connectivity index is 1.73. The van der Waals surface area contributed by atoms with Gasteiger partial charge in [-0.15, -0.1) is 0 Å². The van der Waals surface area contributed by atoms with Crippen molar-refractivity contribution in [2.24, 2.45) is 0 Å². The van der Waals surface area contributed by atoms with Crippen LogP contribution < -0.4 is 14.2 Å². The Labute approximate surface area is 183 Å². The molecule has 3 aromatic carbocycles. The fourth-order valence-electron chi connectivity index (χ4n) is 2.84. The van der Waals surface area contributed by atoms with Gasteiger partial charge in [0, 0.05) is 12.1 Å². The standard InChI is InChI=1S/C24H19NO7/c1-30-19-11-13-23(31-2)21(15-19)22(26)12-6-16-4-3-5-20(14-16)32-24(27)17-7-9-18(10-8-17)25(28)29/h3-15H,1-2H3. The number of methoxy groups -OCH3 is 2. The second kappa shape index (κ2) is 10.0. The van der Waals surface area contributed by atoms with E-state index in [1.807, 2.05) is 0 Å². The Morgan fingerprint density at radius 3 is 2.31 bits per heavy atom. The summed E-state index contributed by atoms with van der Waals surface area (Å²) in [7, 11) is 2.99. The topological polar surface area (TPSA) is 105 Å². The lowest BCUT2D eigenvalue weighted by Crippen LogP contribution is -2.08. The lowest BCUT2D eigenvalue weighted by molar-refractivity contribution is -0.384. The highest BCUT2D eigenvalue weighted by Gasteiger charge is 2.13. The third-order valence-electron chi connectivity index (χ3n) is 4.48. The summed E-state index contributed by atoms with van der Waals surface area (Å²) in [6.45, 7) is 0. The summed E-state index contributed by atoms with van der Waals surface area (Å²) < 4.78 is 15.7. The van der Waals surface area contributed by atoms with Gasteiger partial charge in [-0.25, -0.2) is 4.79 Å². The molecule has 0 atom stereocenters. The maximum absolute atomic E-state index is 12.6. The molecule has 0 spiro atoms. The van der Waals surface area contributed by atoms with Crippen molar-refractivity contribution in [1.29, 1.82) is 0 Å². The summed E-state index contributed by atoms with van der Waals surface area (Å²) in [5.41, 5.74) is 1.04. The largest absolute Gasteiger partial charge is 0.497 e. The van der Waals surface area contributed by atoms with Crippen molar-refractivity contribution in [2.45, 2.75) is 0 Å². The van der Waals surface area contributed by atoms with Gasteiger partial charge in [-0.1, -0.05) is 18.2 Å². The number of carbonyl (C=O) groups excluding carboxylic acids is 2. The van der Waals surface area contributed by atoms with Crippen molar-refractivity contribution in [3.05, 3.63) is 99.6 Å². The Morgan fingerprint density at radius 2 is 1.66 bits per heavy atom. The number of rotatable bonds is 8. The van der Waals surface area contributed by atoms with E-state index in [0.29, 0.717) is 22.6 Å². The van der Waals surface area contributed by atoms with Gasteiger partial charge in [-0.2, -0.15) is 0 Å². The molecule has 0 fully saturated rings. The van der Waals surface area contributed by atoms with Crippen molar-refractivity contribution in [2.75, 3.05) is 14.2 Å². The normalized spacial score (nSPS) is 10.6. The number of nitro groups is 1. The lowest BCUT2D eigenvalue weighted by atomic mass is 10.1. The second-order valence-corrected chi connectivity index (χ2v) is 6.53. The zero-order valence-electron chi connectivity index (χ0n) is 17.3. The van der Waals surface area contributed by atoms with E-state index >= 15 is 0 Å². The quantitative estimate of drug-likeness (QED) is 0.126. The van der Waals surface area contributed by atoms with E-state index in [2.05, 4.69) is 0 Å². The highest BCUT2D eigenvalue weighted by Crippen LogP contribution is 2.25. The van der Waals surface area contributed by atoms with E-state index < -0.39 is 10.9 Å². The lowest BCUT2D eigenvalue weighted by Gasteiger charge is -2.08. The molecule has 8 nitrogen and oxygen atoms in total. The van der Waals surface area contributed by atoms with Gasteiger partial charge in [-0.3, -0.25) is 14.9 Å². The van der Waals surface area contributed by atoms with Crippen LogP contribution in [-0.4, -0.2) is 30.9 Å². The number of hydrogen-bond donors (Lipinski definition) is 0. The first kappa shape index (κ1) is 22.2. The number of carbonyl (C=O) groups is 2. The van der Waals surface area contributed by atoms with Crippen molar-refractivity contribution in [1.82, 2.24) is 0 Å². The fraction of sp³-hybridized carbons (Fsp3) is 0.0833. The molecule has 0 N–H and O–H groups in total. The molecule has 0 amide bonds. The third-order valence-corrected chi connectivity index (χ3v) is 4.48. The molecule has 0 aliphatic carbocycles. The molecule has 0 saturated heterocycles. The van der Waals surface area contributed by atoms with Crippen LogP contribution in [0.25, 0.3) is 6.08 Å². The van der Waals surface area contributed by atoms with Crippen molar-refractivity contribution >= 4 is 23.5 Å². The minimum atomic E-state index is -0.654. The molecule has 8 heteroatoms. The van der Waals surface area contributed by atoms with Crippen molar-refractivity contribution in [3.8, 4) is 17.2 Å². The van der Waals surface area contributed by atoms with Crippen LogP contribution in [-0.2, 0) is 0 Å². The Kier molecular flexibility index (Phi) is 6.97. The van der Waals surface area contributed by atoms with Gasteiger partial charge in [-0.05, 0) is 54.1 Å². The molecule has 0 unspecified atom stereocenters. The molecule has 0 heterocycles. The minimum absolute atomic E-state index is 0.119. The Morgan fingerprint density at radius 1 is 0.906 bits per heavy atom. The molecule has 3 rings (SSSR count). The Bertz CT molecular complexity index is 1180. The van der Waals surface area contributed by atoms with Crippen LogP contribution in [0.1, 0.15) is 26.3 Å². The third kappa shape index (κ3) is 5.37. The van der Waals surface area contributed by atoms with E-state index in [-0.39, 0.29) is 22.8 Å². The summed E-state index contributed by atoms with van der Waals surface area (Å²) in [5, 5.41) is 10.7. The van der Waals surface area contributed by atoms with Gasteiger partial charge in [0.2, 0.25) is 0 Å². The van der Waals surface area contributed by atoms with Gasteiger partial charge < -0.3 is 14.2 Å². The van der Waals surface area contributed by atoms with E-state index in [9.17, 15) is 19.7 Å². The van der Waals surface area contributed by atoms with Crippen molar-refractivity contribution < 1.29 is 28.7 Å². The van der Waals surface area contributed by atoms with Crippen LogP contribution in [0.3, 0.4) is 0 Å². The average Bonchev–Trinajstić information content (AvgIpc) is 2.82. The van der Waals surface area contributed by atoms with Crippen molar-refractivity contribution in [3.63, 3.8) is 0 Å². The number of nitro benzene ring substituents is 1. The van der Waals surface area contributed by atoms with Gasteiger partial charge >= 0.3 is 5.97 Å². The smallest absolute Gasteiger partial charge is 0.343 e. The maximum Gasteiger partial charge on any atom is 0.343 e. The number of esters is 1. The number of nitrogens with zero attached hydrogens (tertiary/aromatic N) is 1. The minimum Gasteiger partial charge on any atom is -0.497 e. The summed E-state index contributed by atoms with van der Waals surface area (Å²) in [5.74, 6) is 0.281. The fourth-order valence-corrected chi connectivity index (χ4v) is 2.84. The van der Waals surface area contributed by atoms with Gasteiger partial charge in [0.1, 0.15) is 17.2 Å². The van der Waals surface area contributed by atoms with Gasteiger partial charge in [0.25, 0.3) is 5.69 Å². The number of hydrogen-bond acceptors (Lipinski definition) is 7. The van der Waals surface area contributed by atoms with E-state index in [1.54, 1.807) is 48.5 Å². The zero-order valence-corrected chi connectivity index (χ0v) is 17.3. The number of non-ortho nitro benzene ring substituents is 1. The molecule has 0 bridgehead atoms. The van der Waals surface area contributed by atoms with Gasteiger partial charge in [0.05, 0.1) is 30.3 Å². The van der Waals surface area contributed by atoms with Crippen LogP contribution in [0.4, 0.5) is 5.69 Å². The predicted octanol–water partition coefficient (Wildman–Crippen LogP) is 4.73. The molecule has 162 valence electrons. The first-order valence-electron chi connectivity index (χ1n) is 9.42. The molecule has 0 radical (unpaired) electrons. The molecular weight excluding hydrogens is 414 g/mol. The average molecular weight is 433 g/mol. The highest BCUT2D eigenvalue weighted by atomic mass is 16.6. The maximum atomic E-state index is 12.6. The second-order valence-electron chi connectivity index (χ2n) is 6.53. The first-order valence-corrected chi connectivity index (χ1v) is 9.42. The summed E-state index contributed by atoms with van der Waals surface area (Å²) in [6.07, 6.45) is 2.97. The number of ketones is 1. The molecular formula is C24H19NO7. The molecule has 0 saturated carbocycles. The van der Waals surface area contributed by atoms with Crippen LogP contribution in [0.2, 0.25) is 0 Å². The van der Waals surface area contributed by atoms with E-state index in [0.717, 1.165) is 0 Å². The van der Waals surface area contributed by atoms with Crippen LogP contribution in [0, 0.1) is 10.1 Å². The summed E-state index contributed by atoms with van der Waals surface area (Å²) in [4.78, 5) is 35.1. The van der Waals surface area contributed by atoms with Crippen LogP contribution >= 0.6 is 0 Å². The molecule has 0 aliphatic heterocycles. The highest BCUT2D eigenvalue weighted by molar-refractivity contribution is 6.09. The van der Waals surface area contributed by atoms with Crippen LogP contribution in [0.5, 0.6) is 17.2 Å². The SMILES string of the molecule is COc1ccc(OC)c(C(=O)C=Cc2cccc(OC(=O)c3ccc([N+](=O)[O-])cc3)c2)c1. The summed E-state index contributed by atoms with van der Waals surface area (Å²) in [6, 6.07) is 16.7.